The van der Waals surface area contributed by atoms with Crippen LogP contribution in [-0.4, -0.2) is 60.1 Å². The molecule has 0 aliphatic carbocycles. The number of carbonyl (C=O) groups is 1. The highest BCUT2D eigenvalue weighted by molar-refractivity contribution is 7.09. The third kappa shape index (κ3) is 5.05. The van der Waals surface area contributed by atoms with Gasteiger partial charge in [0.2, 0.25) is 5.91 Å². The van der Waals surface area contributed by atoms with Crippen molar-refractivity contribution in [2.75, 3.05) is 33.4 Å². The Bertz CT molecular complexity index is 458. The van der Waals surface area contributed by atoms with Gasteiger partial charge in [-0.15, -0.1) is 11.3 Å². The zero-order valence-corrected chi connectivity index (χ0v) is 14.0. The standard InChI is InChI=1S/C15H25N3O2S/c1-12-11-21-14(16-12)10-17(3)15(19)5-4-13(2)18-6-8-20-9-7-18/h11,13H,4-10H2,1-3H3. The summed E-state index contributed by atoms with van der Waals surface area (Å²) >= 11 is 1.62. The molecular formula is C15H25N3O2S. The van der Waals surface area contributed by atoms with E-state index in [1.165, 1.54) is 0 Å². The van der Waals surface area contributed by atoms with Crippen LogP contribution in [0.4, 0.5) is 0 Å². The smallest absolute Gasteiger partial charge is 0.222 e. The second-order valence-electron chi connectivity index (χ2n) is 5.67. The third-order valence-electron chi connectivity index (χ3n) is 3.91. The van der Waals surface area contributed by atoms with Gasteiger partial charge in [-0.3, -0.25) is 9.69 Å². The monoisotopic (exact) mass is 311 g/mol. The molecule has 0 radical (unpaired) electrons. The van der Waals surface area contributed by atoms with Crippen LogP contribution in [0.1, 0.15) is 30.5 Å². The maximum absolute atomic E-state index is 12.2. The minimum atomic E-state index is 0.197. The van der Waals surface area contributed by atoms with Crippen molar-refractivity contribution >= 4 is 17.2 Å². The van der Waals surface area contributed by atoms with E-state index in [0.717, 1.165) is 43.4 Å². The quantitative estimate of drug-likeness (QED) is 0.805. The van der Waals surface area contributed by atoms with Crippen molar-refractivity contribution in [2.45, 2.75) is 39.3 Å². The van der Waals surface area contributed by atoms with Gasteiger partial charge in [-0.2, -0.15) is 0 Å². The fourth-order valence-corrected chi connectivity index (χ4v) is 3.31. The van der Waals surface area contributed by atoms with E-state index in [1.54, 1.807) is 16.2 Å². The van der Waals surface area contributed by atoms with Gasteiger partial charge in [0.25, 0.3) is 0 Å². The minimum absolute atomic E-state index is 0.197. The predicted molar refractivity (Wildman–Crippen MR) is 84.4 cm³/mol. The normalized spacial score (nSPS) is 17.7. The molecule has 1 aliphatic rings. The molecular weight excluding hydrogens is 286 g/mol. The molecule has 2 rings (SSSR count). The van der Waals surface area contributed by atoms with Gasteiger partial charge in [0, 0.05) is 43.7 Å². The van der Waals surface area contributed by atoms with Gasteiger partial charge in [-0.1, -0.05) is 0 Å². The first-order valence-electron chi connectivity index (χ1n) is 7.53. The Morgan fingerprint density at radius 3 is 2.86 bits per heavy atom. The molecule has 6 heteroatoms. The van der Waals surface area contributed by atoms with Crippen LogP contribution in [0.5, 0.6) is 0 Å². The first kappa shape index (κ1) is 16.4. The minimum Gasteiger partial charge on any atom is -0.379 e. The van der Waals surface area contributed by atoms with Crippen molar-refractivity contribution in [3.8, 4) is 0 Å². The summed E-state index contributed by atoms with van der Waals surface area (Å²) in [6.45, 7) is 8.36. The lowest BCUT2D eigenvalue weighted by molar-refractivity contribution is -0.130. The Kier molecular flexibility index (Phi) is 6.14. The lowest BCUT2D eigenvalue weighted by atomic mass is 10.1. The highest BCUT2D eigenvalue weighted by Gasteiger charge is 2.19. The Morgan fingerprint density at radius 2 is 2.24 bits per heavy atom. The Labute approximate surface area is 130 Å². The van der Waals surface area contributed by atoms with Gasteiger partial charge >= 0.3 is 0 Å². The molecule has 118 valence electrons. The zero-order valence-electron chi connectivity index (χ0n) is 13.2. The molecule has 1 saturated heterocycles. The Balaban J connectivity index is 1.72. The van der Waals surface area contributed by atoms with E-state index in [2.05, 4.69) is 16.8 Å². The molecule has 1 amide bonds. The van der Waals surface area contributed by atoms with Crippen molar-refractivity contribution in [1.29, 1.82) is 0 Å². The van der Waals surface area contributed by atoms with Crippen LogP contribution in [0.3, 0.4) is 0 Å². The Hall–Kier alpha value is -0.980. The summed E-state index contributed by atoms with van der Waals surface area (Å²) < 4.78 is 5.36. The number of aromatic nitrogens is 1. The van der Waals surface area contributed by atoms with Crippen LogP contribution in [-0.2, 0) is 16.1 Å². The summed E-state index contributed by atoms with van der Waals surface area (Å²) in [6.07, 6.45) is 1.50. The number of ether oxygens (including phenoxy) is 1. The topological polar surface area (TPSA) is 45.7 Å². The maximum Gasteiger partial charge on any atom is 0.222 e. The highest BCUT2D eigenvalue weighted by Crippen LogP contribution is 2.13. The number of aryl methyl sites for hydroxylation is 1. The van der Waals surface area contributed by atoms with E-state index in [4.69, 9.17) is 4.74 Å². The van der Waals surface area contributed by atoms with Crippen LogP contribution in [0.15, 0.2) is 5.38 Å². The van der Waals surface area contributed by atoms with Crippen LogP contribution < -0.4 is 0 Å². The number of hydrogen-bond donors (Lipinski definition) is 0. The molecule has 1 atom stereocenters. The fraction of sp³-hybridized carbons (Fsp3) is 0.733. The lowest BCUT2D eigenvalue weighted by Crippen LogP contribution is -2.42. The molecule has 1 aromatic rings. The number of nitrogens with zero attached hydrogens (tertiary/aromatic N) is 3. The zero-order chi connectivity index (χ0) is 15.2. The number of amides is 1. The molecule has 2 heterocycles. The molecule has 1 unspecified atom stereocenters. The van der Waals surface area contributed by atoms with Crippen LogP contribution in [0.25, 0.3) is 0 Å². The van der Waals surface area contributed by atoms with Gasteiger partial charge in [0.05, 0.1) is 19.8 Å². The molecule has 1 fully saturated rings. The highest BCUT2D eigenvalue weighted by atomic mass is 32.1. The summed E-state index contributed by atoms with van der Waals surface area (Å²) in [6, 6.07) is 0.438. The van der Waals surface area contributed by atoms with Gasteiger partial charge < -0.3 is 9.64 Å². The first-order chi connectivity index (χ1) is 10.1. The second-order valence-corrected chi connectivity index (χ2v) is 6.61. The molecule has 1 aliphatic heterocycles. The van der Waals surface area contributed by atoms with Crippen molar-refractivity contribution in [1.82, 2.24) is 14.8 Å². The lowest BCUT2D eigenvalue weighted by Gasteiger charge is -2.32. The summed E-state index contributed by atoms with van der Waals surface area (Å²) in [4.78, 5) is 20.8. The van der Waals surface area contributed by atoms with E-state index < -0.39 is 0 Å². The van der Waals surface area contributed by atoms with Gasteiger partial charge in [-0.05, 0) is 20.3 Å². The van der Waals surface area contributed by atoms with Gasteiger partial charge in [0.1, 0.15) is 5.01 Å². The Morgan fingerprint density at radius 1 is 1.52 bits per heavy atom. The van der Waals surface area contributed by atoms with E-state index in [1.807, 2.05) is 19.4 Å². The van der Waals surface area contributed by atoms with Crippen molar-refractivity contribution in [2.24, 2.45) is 0 Å². The summed E-state index contributed by atoms with van der Waals surface area (Å²) in [5.74, 6) is 0.197. The van der Waals surface area contributed by atoms with Crippen molar-refractivity contribution in [3.63, 3.8) is 0 Å². The van der Waals surface area contributed by atoms with E-state index in [0.29, 0.717) is 19.0 Å². The summed E-state index contributed by atoms with van der Waals surface area (Å²) in [7, 11) is 1.86. The average Bonchev–Trinajstić information content (AvgIpc) is 2.90. The molecule has 0 bridgehead atoms. The predicted octanol–water partition coefficient (Wildman–Crippen LogP) is 1.91. The largest absolute Gasteiger partial charge is 0.379 e. The summed E-state index contributed by atoms with van der Waals surface area (Å²) in [5.41, 5.74) is 1.02. The van der Waals surface area contributed by atoms with Gasteiger partial charge in [-0.25, -0.2) is 4.98 Å². The number of carbonyl (C=O) groups excluding carboxylic acids is 1. The molecule has 0 N–H and O–H groups in total. The SMILES string of the molecule is Cc1csc(CN(C)C(=O)CCC(C)N2CCOCC2)n1. The van der Waals surface area contributed by atoms with Gasteiger partial charge in [0.15, 0.2) is 0 Å². The van der Waals surface area contributed by atoms with Crippen LogP contribution in [0.2, 0.25) is 0 Å². The van der Waals surface area contributed by atoms with Crippen LogP contribution in [0, 0.1) is 6.92 Å². The van der Waals surface area contributed by atoms with E-state index >= 15 is 0 Å². The molecule has 1 aromatic heterocycles. The molecule has 21 heavy (non-hydrogen) atoms. The first-order valence-corrected chi connectivity index (χ1v) is 8.41. The second kappa shape index (κ2) is 7.87. The third-order valence-corrected chi connectivity index (χ3v) is 4.86. The maximum atomic E-state index is 12.2. The molecule has 0 saturated carbocycles. The number of morpholine rings is 1. The molecule has 5 nitrogen and oxygen atoms in total. The van der Waals surface area contributed by atoms with E-state index in [-0.39, 0.29) is 5.91 Å². The number of hydrogen-bond acceptors (Lipinski definition) is 5. The van der Waals surface area contributed by atoms with Crippen LogP contribution >= 0.6 is 11.3 Å². The number of rotatable bonds is 6. The molecule has 0 spiro atoms. The van der Waals surface area contributed by atoms with E-state index in [9.17, 15) is 4.79 Å². The molecule has 0 aromatic carbocycles. The average molecular weight is 311 g/mol. The number of thiazole rings is 1. The van der Waals surface area contributed by atoms with Crippen molar-refractivity contribution in [3.05, 3.63) is 16.1 Å². The summed E-state index contributed by atoms with van der Waals surface area (Å²) in [5, 5.41) is 3.03. The van der Waals surface area contributed by atoms with Crippen molar-refractivity contribution < 1.29 is 9.53 Å². The fourth-order valence-electron chi connectivity index (χ4n) is 2.49.